The van der Waals surface area contributed by atoms with E-state index in [1.165, 1.54) is 53.7 Å². The maximum Gasteiger partial charge on any atom is 0.0459 e. The zero-order valence-corrected chi connectivity index (χ0v) is 15.8. The molecule has 0 spiro atoms. The molecule has 24 heavy (non-hydrogen) atoms. The van der Waals surface area contributed by atoms with Gasteiger partial charge in [-0.15, -0.1) is 0 Å². The van der Waals surface area contributed by atoms with Crippen molar-refractivity contribution >= 4 is 16.6 Å². The summed E-state index contributed by atoms with van der Waals surface area (Å²) in [6.07, 6.45) is 3.48. The van der Waals surface area contributed by atoms with Gasteiger partial charge in [-0.3, -0.25) is 0 Å². The van der Waals surface area contributed by atoms with E-state index in [-0.39, 0.29) is 2.85 Å². The van der Waals surface area contributed by atoms with E-state index < -0.39 is 0 Å². The Morgan fingerprint density at radius 2 is 1.88 bits per heavy atom. The molecule has 0 unspecified atom stereocenters. The van der Waals surface area contributed by atoms with Crippen LogP contribution in [0.25, 0.3) is 16.6 Å². The van der Waals surface area contributed by atoms with Crippen LogP contribution in [0.5, 0.6) is 0 Å². The molecule has 0 bridgehead atoms. The highest BCUT2D eigenvalue weighted by Gasteiger charge is 2.09. The number of aromatic amines is 1. The lowest BCUT2D eigenvalue weighted by atomic mass is 10.0. The summed E-state index contributed by atoms with van der Waals surface area (Å²) in [5, 5.41) is 4.84. The van der Waals surface area contributed by atoms with Gasteiger partial charge in [-0.2, -0.15) is 0 Å². The summed E-state index contributed by atoms with van der Waals surface area (Å²) in [4.78, 5) is 6.00. The summed E-state index contributed by atoms with van der Waals surface area (Å²) in [5.74, 6) is 0. The van der Waals surface area contributed by atoms with Gasteiger partial charge in [0.05, 0.1) is 0 Å². The third-order valence-corrected chi connectivity index (χ3v) is 4.67. The summed E-state index contributed by atoms with van der Waals surface area (Å²) >= 11 is 0. The van der Waals surface area contributed by atoms with Crippen molar-refractivity contribution in [3.8, 4) is 0 Å². The molecule has 0 aliphatic carbocycles. The lowest BCUT2D eigenvalue weighted by molar-refractivity contribution is 0.278. The number of aryl methyl sites for hydroxylation is 2. The number of fused-ring (bicyclic) bond motifs is 1. The molecule has 0 aliphatic heterocycles. The van der Waals surface area contributed by atoms with Gasteiger partial charge in [-0.05, 0) is 62.5 Å². The van der Waals surface area contributed by atoms with Gasteiger partial charge in [0.15, 0.2) is 0 Å². The van der Waals surface area contributed by atoms with Gasteiger partial charge in [0.2, 0.25) is 0 Å². The molecule has 0 radical (unpaired) electrons. The van der Waals surface area contributed by atoms with Crippen LogP contribution in [0.3, 0.4) is 0 Å². The molecule has 0 amide bonds. The molecule has 136 valence electrons. The van der Waals surface area contributed by atoms with E-state index in [0.717, 1.165) is 25.2 Å². The van der Waals surface area contributed by atoms with Crippen LogP contribution in [-0.4, -0.2) is 36.1 Å². The highest BCUT2D eigenvalue weighted by Crippen LogP contribution is 2.25. The molecule has 1 aromatic heterocycles. The lowest BCUT2D eigenvalue weighted by Crippen LogP contribution is -2.32. The minimum atomic E-state index is 0. The van der Waals surface area contributed by atoms with Crippen LogP contribution >= 0.6 is 0 Å². The van der Waals surface area contributed by atoms with Crippen molar-refractivity contribution in [3.05, 3.63) is 41.6 Å². The molecule has 2 rings (SSSR count). The smallest absolute Gasteiger partial charge is 0.0459 e. The Morgan fingerprint density at radius 1 is 1.17 bits per heavy atom. The second-order valence-corrected chi connectivity index (χ2v) is 6.59. The second-order valence-electron chi connectivity index (χ2n) is 6.59. The first-order valence-electron chi connectivity index (χ1n) is 9.37. The van der Waals surface area contributed by atoms with Gasteiger partial charge in [-0.25, -0.2) is 0 Å². The third kappa shape index (κ3) is 4.41. The van der Waals surface area contributed by atoms with Gasteiger partial charge in [0.1, 0.15) is 0 Å². The average Bonchev–Trinajstić information content (AvgIpc) is 2.89. The fourth-order valence-corrected chi connectivity index (χ4v) is 3.46. The molecule has 3 nitrogen and oxygen atoms in total. The van der Waals surface area contributed by atoms with Crippen molar-refractivity contribution in [3.63, 3.8) is 0 Å². The van der Waals surface area contributed by atoms with E-state index in [4.69, 9.17) is 0 Å². The van der Waals surface area contributed by atoms with Crippen molar-refractivity contribution in [2.75, 3.05) is 26.2 Å². The van der Waals surface area contributed by atoms with Crippen molar-refractivity contribution in [1.82, 2.24) is 15.2 Å². The van der Waals surface area contributed by atoms with Crippen LogP contribution in [0, 0.1) is 6.92 Å². The first-order valence-corrected chi connectivity index (χ1v) is 9.37. The van der Waals surface area contributed by atoms with Crippen molar-refractivity contribution < 1.29 is 2.85 Å². The average molecular weight is 332 g/mol. The maximum absolute atomic E-state index is 4.24. The minimum Gasteiger partial charge on any atom is -0.384 e. The van der Waals surface area contributed by atoms with Crippen molar-refractivity contribution in [2.24, 2.45) is 0 Å². The van der Waals surface area contributed by atoms with Crippen LogP contribution in [-0.2, 0) is 6.42 Å². The van der Waals surface area contributed by atoms with E-state index in [9.17, 15) is 0 Å². The Labute approximate surface area is 150 Å². The lowest BCUT2D eigenvalue weighted by Gasteiger charge is -2.21. The van der Waals surface area contributed by atoms with E-state index in [2.05, 4.69) is 67.7 Å². The van der Waals surface area contributed by atoms with Crippen LogP contribution in [0.1, 0.15) is 53.3 Å². The summed E-state index contributed by atoms with van der Waals surface area (Å²) in [5.41, 5.74) is 6.12. The van der Waals surface area contributed by atoms with E-state index >= 15 is 0 Å². The Kier molecular flexibility index (Phi) is 6.92. The number of hydrogen-bond donors (Lipinski definition) is 2. The molecule has 3 heteroatoms. The van der Waals surface area contributed by atoms with E-state index in [1.54, 1.807) is 0 Å². The van der Waals surface area contributed by atoms with Crippen molar-refractivity contribution in [2.45, 2.75) is 47.0 Å². The zero-order valence-electron chi connectivity index (χ0n) is 15.8. The Balaban J connectivity index is 0.00000312. The van der Waals surface area contributed by atoms with Crippen LogP contribution in [0.2, 0.25) is 0 Å². The van der Waals surface area contributed by atoms with Crippen molar-refractivity contribution in [1.29, 1.82) is 0 Å². The van der Waals surface area contributed by atoms with E-state index in [0.29, 0.717) is 0 Å². The molecule has 0 aliphatic rings. The van der Waals surface area contributed by atoms with Gasteiger partial charge >= 0.3 is 0 Å². The molecule has 1 heterocycles. The van der Waals surface area contributed by atoms with Crippen LogP contribution in [0.15, 0.2) is 24.8 Å². The van der Waals surface area contributed by atoms with Gasteiger partial charge in [0.25, 0.3) is 0 Å². The second kappa shape index (κ2) is 8.93. The molecule has 2 aromatic rings. The summed E-state index contributed by atoms with van der Waals surface area (Å²) < 4.78 is 0. The number of rotatable bonds is 10. The third-order valence-electron chi connectivity index (χ3n) is 4.67. The first-order chi connectivity index (χ1) is 11.6. The Bertz CT molecular complexity index is 673. The minimum absolute atomic E-state index is 0. The monoisotopic (exact) mass is 331 g/mol. The highest BCUT2D eigenvalue weighted by molar-refractivity contribution is 5.87. The number of H-pyrrole nitrogens is 1. The zero-order chi connectivity index (χ0) is 17.5. The van der Waals surface area contributed by atoms with Gasteiger partial charge in [-0.1, -0.05) is 33.4 Å². The molecule has 0 fully saturated rings. The Morgan fingerprint density at radius 3 is 2.50 bits per heavy atom. The van der Waals surface area contributed by atoms with Crippen LogP contribution < -0.4 is 5.32 Å². The van der Waals surface area contributed by atoms with E-state index in [1.807, 2.05) is 0 Å². The number of nitrogens with zero attached hydrogens (tertiary/aromatic N) is 1. The number of aromatic nitrogens is 1. The van der Waals surface area contributed by atoms with Gasteiger partial charge in [0, 0.05) is 38.2 Å². The van der Waals surface area contributed by atoms with Gasteiger partial charge < -0.3 is 15.2 Å². The molecule has 0 atom stereocenters. The molecular formula is C21H37N3. The first kappa shape index (κ1) is 18.6. The molecule has 0 saturated carbocycles. The highest BCUT2D eigenvalue weighted by atomic mass is 15.1. The standard InChI is InChI=1S/C21H33N3.2H2/c1-6-12-24(13-7-2)14-11-22-16(4)18-9-10-21-20(15-18)19(8-3)17(5)23-21;;/h9-10,15,22-23H,4,6-8,11-14H2,1-3,5H3;2*1H. The predicted octanol–water partition coefficient (Wildman–Crippen LogP) is 5.21. The summed E-state index contributed by atoms with van der Waals surface area (Å²) in [6.45, 7) is 17.5. The largest absolute Gasteiger partial charge is 0.384 e. The van der Waals surface area contributed by atoms with Crippen LogP contribution in [0.4, 0.5) is 0 Å². The number of hydrogen-bond acceptors (Lipinski definition) is 2. The maximum atomic E-state index is 4.24. The quantitative estimate of drug-likeness (QED) is 0.626. The Hall–Kier alpha value is -1.74. The fraction of sp³-hybridized carbons (Fsp3) is 0.524. The fourth-order valence-electron chi connectivity index (χ4n) is 3.46. The topological polar surface area (TPSA) is 31.1 Å². The molecule has 0 saturated heterocycles. The SMILES string of the molecule is C=C(NCCN(CCC)CCC)c1ccc2[nH]c(C)c(CC)c2c1.[HH].[HH]. The number of nitrogens with one attached hydrogen (secondary N) is 2. The summed E-state index contributed by atoms with van der Waals surface area (Å²) in [6, 6.07) is 6.59. The molecule has 2 N–H and O–H groups in total. The number of benzene rings is 1. The summed E-state index contributed by atoms with van der Waals surface area (Å²) in [7, 11) is 0. The normalized spacial score (nSPS) is 11.4. The predicted molar refractivity (Wildman–Crippen MR) is 111 cm³/mol. The molecular weight excluding hydrogens is 294 g/mol. The molecule has 1 aromatic carbocycles.